The third-order valence-electron chi connectivity index (χ3n) is 7.44. The van der Waals surface area contributed by atoms with Gasteiger partial charge in [-0.25, -0.2) is 0 Å². The molecule has 0 unspecified atom stereocenters. The summed E-state index contributed by atoms with van der Waals surface area (Å²) in [5.74, 6) is 7.15. The minimum absolute atomic E-state index is 0.0832. The first kappa shape index (κ1) is 29.5. The van der Waals surface area contributed by atoms with E-state index in [2.05, 4.69) is 112 Å². The lowest BCUT2D eigenvalue weighted by molar-refractivity contribution is 0.401. The van der Waals surface area contributed by atoms with Crippen LogP contribution >= 0.6 is 0 Å². The van der Waals surface area contributed by atoms with E-state index >= 15 is 0 Å². The third-order valence-corrected chi connectivity index (χ3v) is 9.19. The molecule has 0 heterocycles. The van der Waals surface area contributed by atoms with Gasteiger partial charge >= 0.3 is 0 Å². The zero-order valence-corrected chi connectivity index (χ0v) is 27.0. The molecule has 1 aliphatic carbocycles. The van der Waals surface area contributed by atoms with Crippen molar-refractivity contribution in [3.8, 4) is 34.1 Å². The van der Waals surface area contributed by atoms with Crippen LogP contribution in [0, 0.1) is 22.9 Å². The first-order valence-corrected chi connectivity index (χ1v) is 21.8. The lowest BCUT2D eigenvalue weighted by atomic mass is 9.70. The molecule has 2 heteroatoms. The van der Waals surface area contributed by atoms with E-state index in [0.29, 0.717) is 0 Å². The highest BCUT2D eigenvalue weighted by Crippen LogP contribution is 2.54. The van der Waals surface area contributed by atoms with Crippen molar-refractivity contribution in [3.63, 3.8) is 0 Å². The molecule has 0 saturated carbocycles. The van der Waals surface area contributed by atoms with Crippen LogP contribution in [-0.4, -0.2) is 16.1 Å². The molecule has 2 aromatic carbocycles. The maximum Gasteiger partial charge on any atom is 0.129 e. The standard InChI is InChI=1S/C35H50Si2/c1-9-11-13-15-23-35(24-16-14-12-10-2)33-27-29(21-25-36(3,4)5)17-19-31(33)32-20-18-30(28-34(32)35)22-26-37(6,7)8/h17-20,27-28H,9-16,23-24H2,1-8H3. The highest BCUT2D eigenvalue weighted by molar-refractivity contribution is 6.84. The monoisotopic (exact) mass is 526 g/mol. The Bertz CT molecular complexity index is 1090. The Labute approximate surface area is 231 Å². The summed E-state index contributed by atoms with van der Waals surface area (Å²) in [5, 5.41) is 0. The Hall–Kier alpha value is -2.01. The Morgan fingerprint density at radius 1 is 0.568 bits per heavy atom. The van der Waals surface area contributed by atoms with Gasteiger partial charge in [-0.3, -0.25) is 0 Å². The van der Waals surface area contributed by atoms with Crippen LogP contribution < -0.4 is 0 Å². The summed E-state index contributed by atoms with van der Waals surface area (Å²) in [7, 11) is -2.86. The molecule has 1 aliphatic rings. The summed E-state index contributed by atoms with van der Waals surface area (Å²) >= 11 is 0. The summed E-state index contributed by atoms with van der Waals surface area (Å²) in [4.78, 5) is 0. The van der Waals surface area contributed by atoms with Gasteiger partial charge in [-0.2, -0.15) is 0 Å². The lowest BCUT2D eigenvalue weighted by Crippen LogP contribution is -2.26. The summed E-state index contributed by atoms with van der Waals surface area (Å²) in [5.41, 5.74) is 15.6. The van der Waals surface area contributed by atoms with Crippen molar-refractivity contribution < 1.29 is 0 Å². The van der Waals surface area contributed by atoms with Gasteiger partial charge in [0.15, 0.2) is 0 Å². The highest BCUT2D eigenvalue weighted by Gasteiger charge is 2.42. The molecule has 0 amide bonds. The average molecular weight is 527 g/mol. The summed E-state index contributed by atoms with van der Waals surface area (Å²) in [6.07, 6.45) is 12.9. The molecule has 0 spiro atoms. The zero-order valence-electron chi connectivity index (χ0n) is 25.0. The largest absolute Gasteiger partial charge is 0.129 e. The van der Waals surface area contributed by atoms with Gasteiger partial charge in [0.1, 0.15) is 16.1 Å². The molecule has 0 nitrogen and oxygen atoms in total. The third kappa shape index (κ3) is 7.99. The summed E-state index contributed by atoms with van der Waals surface area (Å²) < 4.78 is 0. The minimum atomic E-state index is -1.43. The number of rotatable bonds is 10. The Balaban J connectivity index is 2.17. The van der Waals surface area contributed by atoms with Crippen molar-refractivity contribution in [2.45, 2.75) is 123 Å². The maximum absolute atomic E-state index is 3.61. The topological polar surface area (TPSA) is 0 Å². The molecule has 2 aromatic rings. The Morgan fingerprint density at radius 3 is 1.32 bits per heavy atom. The van der Waals surface area contributed by atoms with Gasteiger partial charge in [0.05, 0.1) is 0 Å². The van der Waals surface area contributed by atoms with E-state index in [4.69, 9.17) is 0 Å². The number of hydrogen-bond acceptors (Lipinski definition) is 0. The minimum Gasteiger partial charge on any atom is -0.127 e. The quantitative estimate of drug-likeness (QED) is 0.164. The molecule has 0 saturated heterocycles. The fourth-order valence-electron chi connectivity index (χ4n) is 5.54. The molecular formula is C35H50Si2. The molecule has 0 aromatic heterocycles. The zero-order chi connectivity index (χ0) is 27.1. The Kier molecular flexibility index (Phi) is 10.1. The number of unbranched alkanes of at least 4 members (excludes halogenated alkanes) is 6. The SMILES string of the molecule is CCCCCCC1(CCCCCC)c2cc(C#C[Si](C)(C)C)ccc2-c2ccc(C#C[Si](C)(C)C)cc21. The van der Waals surface area contributed by atoms with Crippen LogP contribution in [0.15, 0.2) is 36.4 Å². The number of benzene rings is 2. The van der Waals surface area contributed by atoms with E-state index in [9.17, 15) is 0 Å². The molecule has 0 bridgehead atoms. The van der Waals surface area contributed by atoms with Crippen LogP contribution in [0.3, 0.4) is 0 Å². The van der Waals surface area contributed by atoms with E-state index in [-0.39, 0.29) is 5.41 Å². The van der Waals surface area contributed by atoms with E-state index in [0.717, 1.165) is 0 Å². The van der Waals surface area contributed by atoms with Gasteiger partial charge < -0.3 is 0 Å². The van der Waals surface area contributed by atoms with Crippen LogP contribution in [0.5, 0.6) is 0 Å². The summed E-state index contributed by atoms with van der Waals surface area (Å²) in [6.45, 7) is 18.6. The van der Waals surface area contributed by atoms with Crippen LogP contribution in [0.4, 0.5) is 0 Å². The molecule has 0 N–H and O–H groups in total. The van der Waals surface area contributed by atoms with Gasteiger partial charge in [-0.1, -0.05) is 128 Å². The van der Waals surface area contributed by atoms with Crippen LogP contribution in [-0.2, 0) is 5.41 Å². The molecule has 0 atom stereocenters. The van der Waals surface area contributed by atoms with Gasteiger partial charge in [-0.15, -0.1) is 11.1 Å². The summed E-state index contributed by atoms with van der Waals surface area (Å²) in [6, 6.07) is 14.2. The second kappa shape index (κ2) is 12.7. The molecule has 0 radical (unpaired) electrons. The van der Waals surface area contributed by atoms with Gasteiger partial charge in [0, 0.05) is 16.5 Å². The second-order valence-electron chi connectivity index (χ2n) is 13.2. The van der Waals surface area contributed by atoms with Crippen molar-refractivity contribution in [1.29, 1.82) is 0 Å². The molecule has 198 valence electrons. The number of fused-ring (bicyclic) bond motifs is 3. The second-order valence-corrected chi connectivity index (χ2v) is 22.7. The van der Waals surface area contributed by atoms with Crippen LogP contribution in [0.1, 0.15) is 100 Å². The first-order chi connectivity index (χ1) is 17.5. The van der Waals surface area contributed by atoms with Crippen molar-refractivity contribution in [2.75, 3.05) is 0 Å². The molecule has 0 aliphatic heterocycles. The lowest BCUT2D eigenvalue weighted by Gasteiger charge is -2.33. The molecule has 0 fully saturated rings. The van der Waals surface area contributed by atoms with Gasteiger partial charge in [0.2, 0.25) is 0 Å². The Morgan fingerprint density at radius 2 is 0.973 bits per heavy atom. The predicted molar refractivity (Wildman–Crippen MR) is 171 cm³/mol. The maximum atomic E-state index is 3.61. The molecule has 3 rings (SSSR count). The number of hydrogen-bond donors (Lipinski definition) is 0. The van der Waals surface area contributed by atoms with Gasteiger partial charge in [0.25, 0.3) is 0 Å². The fraction of sp³-hybridized carbons (Fsp3) is 0.543. The van der Waals surface area contributed by atoms with E-state index in [1.807, 2.05) is 0 Å². The van der Waals surface area contributed by atoms with E-state index < -0.39 is 16.1 Å². The van der Waals surface area contributed by atoms with Crippen LogP contribution in [0.2, 0.25) is 39.3 Å². The normalized spacial score (nSPS) is 13.7. The van der Waals surface area contributed by atoms with Crippen molar-refractivity contribution in [2.24, 2.45) is 0 Å². The van der Waals surface area contributed by atoms with E-state index in [1.165, 1.54) is 97.6 Å². The molecular weight excluding hydrogens is 477 g/mol. The van der Waals surface area contributed by atoms with E-state index in [1.54, 1.807) is 0 Å². The predicted octanol–water partition coefficient (Wildman–Crippen LogP) is 10.4. The highest BCUT2D eigenvalue weighted by atomic mass is 28.3. The van der Waals surface area contributed by atoms with Crippen molar-refractivity contribution in [1.82, 2.24) is 0 Å². The molecule has 37 heavy (non-hydrogen) atoms. The fourth-order valence-corrected chi connectivity index (χ4v) is 6.58. The van der Waals surface area contributed by atoms with Crippen LogP contribution in [0.25, 0.3) is 11.1 Å². The van der Waals surface area contributed by atoms with Crippen molar-refractivity contribution >= 4 is 16.1 Å². The first-order valence-electron chi connectivity index (χ1n) is 14.8. The smallest absolute Gasteiger partial charge is 0.127 e. The average Bonchev–Trinajstić information content (AvgIpc) is 3.10. The van der Waals surface area contributed by atoms with Crippen molar-refractivity contribution in [3.05, 3.63) is 58.7 Å². The van der Waals surface area contributed by atoms with Gasteiger partial charge in [-0.05, 0) is 59.4 Å².